The summed E-state index contributed by atoms with van der Waals surface area (Å²) in [6, 6.07) is 21.4. The van der Waals surface area contributed by atoms with Crippen molar-refractivity contribution in [3.63, 3.8) is 0 Å². The van der Waals surface area contributed by atoms with Crippen molar-refractivity contribution in [3.05, 3.63) is 90.0 Å². The summed E-state index contributed by atoms with van der Waals surface area (Å²) in [5.41, 5.74) is 1.38. The lowest BCUT2D eigenvalue weighted by Crippen LogP contribution is -2.33. The van der Waals surface area contributed by atoms with Crippen LogP contribution in [0.25, 0.3) is 0 Å². The second-order valence-electron chi connectivity index (χ2n) is 8.23. The van der Waals surface area contributed by atoms with Gasteiger partial charge in [0, 0.05) is 5.69 Å². The summed E-state index contributed by atoms with van der Waals surface area (Å²) in [7, 11) is -2.43. The van der Waals surface area contributed by atoms with Crippen LogP contribution >= 0.6 is 0 Å². The quantitative estimate of drug-likeness (QED) is 0.414. The predicted octanol–water partition coefficient (Wildman–Crippen LogP) is 3.92. The lowest BCUT2D eigenvalue weighted by atomic mass is 10.0. The number of anilines is 1. The van der Waals surface area contributed by atoms with Crippen molar-refractivity contribution in [1.82, 2.24) is 5.32 Å². The molecule has 2 N–H and O–H groups in total. The van der Waals surface area contributed by atoms with Crippen molar-refractivity contribution < 1.29 is 27.5 Å². The van der Waals surface area contributed by atoms with Crippen LogP contribution in [0.2, 0.25) is 0 Å². The van der Waals surface area contributed by atoms with Gasteiger partial charge < -0.3 is 14.8 Å². The zero-order valence-electron chi connectivity index (χ0n) is 19.1. The number of sulfonamides is 1. The Morgan fingerprint density at radius 2 is 1.69 bits per heavy atom. The van der Waals surface area contributed by atoms with Gasteiger partial charge in [-0.1, -0.05) is 36.4 Å². The number of benzene rings is 3. The maximum atomic E-state index is 12.8. The highest BCUT2D eigenvalue weighted by Gasteiger charge is 2.33. The Bertz CT molecular complexity index is 1290. The topological polar surface area (TPSA) is 111 Å². The first-order valence-corrected chi connectivity index (χ1v) is 12.6. The molecule has 0 bridgehead atoms. The van der Waals surface area contributed by atoms with Crippen molar-refractivity contribution in [2.75, 3.05) is 18.4 Å². The van der Waals surface area contributed by atoms with Gasteiger partial charge in [-0.15, -0.1) is 0 Å². The second-order valence-corrected chi connectivity index (χ2v) is 9.91. The number of ether oxygens (including phenoxy) is 2. The molecule has 0 aliphatic heterocycles. The highest BCUT2D eigenvalue weighted by Crippen LogP contribution is 2.40. The third-order valence-electron chi connectivity index (χ3n) is 5.63. The van der Waals surface area contributed by atoms with Crippen molar-refractivity contribution in [3.8, 4) is 5.75 Å². The van der Waals surface area contributed by atoms with Gasteiger partial charge in [0.2, 0.25) is 0 Å². The van der Waals surface area contributed by atoms with E-state index in [-0.39, 0.29) is 16.5 Å². The lowest BCUT2D eigenvalue weighted by Gasteiger charge is -2.18. The molecule has 0 radical (unpaired) electrons. The maximum absolute atomic E-state index is 12.8. The van der Waals surface area contributed by atoms with Gasteiger partial charge in [0.15, 0.2) is 6.61 Å². The third-order valence-corrected chi connectivity index (χ3v) is 7.00. The number of rotatable bonds is 10. The molecule has 0 heterocycles. The molecule has 1 aliphatic rings. The summed E-state index contributed by atoms with van der Waals surface area (Å²) >= 11 is 0. The van der Waals surface area contributed by atoms with E-state index in [1.807, 2.05) is 30.3 Å². The average molecular weight is 495 g/mol. The minimum atomic E-state index is -3.95. The molecule has 1 amide bonds. The van der Waals surface area contributed by atoms with Crippen LogP contribution in [0.4, 0.5) is 5.69 Å². The summed E-state index contributed by atoms with van der Waals surface area (Å²) in [5.74, 6) is -0.237. The van der Waals surface area contributed by atoms with Crippen molar-refractivity contribution in [2.45, 2.75) is 23.8 Å². The van der Waals surface area contributed by atoms with E-state index in [1.54, 1.807) is 24.3 Å². The minimum Gasteiger partial charge on any atom is -0.497 e. The van der Waals surface area contributed by atoms with E-state index in [1.165, 1.54) is 31.4 Å². The van der Waals surface area contributed by atoms with Gasteiger partial charge in [0.05, 0.1) is 23.6 Å². The molecular formula is C26H26N2O6S. The Balaban J connectivity index is 1.37. The standard InChI is InChI=1S/C26H26N2O6S/c1-33-22-14-12-21(13-15-22)28-35(31,32)23-9-5-8-20(16-23)26(30)34-17-24(29)27-25(19-10-11-19)18-6-3-2-4-7-18/h2-9,12-16,19,25,28H,10-11,17H2,1H3,(H,27,29). The fourth-order valence-electron chi connectivity index (χ4n) is 3.66. The summed E-state index contributed by atoms with van der Waals surface area (Å²) in [5, 5.41) is 2.94. The Hall–Kier alpha value is -3.85. The van der Waals surface area contributed by atoms with E-state index in [0.717, 1.165) is 18.4 Å². The number of carbonyl (C=O) groups excluding carboxylic acids is 2. The monoisotopic (exact) mass is 494 g/mol. The molecule has 0 saturated heterocycles. The molecule has 4 rings (SSSR count). The van der Waals surface area contributed by atoms with Gasteiger partial charge in [-0.2, -0.15) is 0 Å². The summed E-state index contributed by atoms with van der Waals surface area (Å²) in [6.45, 7) is -0.462. The van der Waals surface area contributed by atoms with Gasteiger partial charge in [-0.05, 0) is 66.8 Å². The molecule has 8 nitrogen and oxygen atoms in total. The van der Waals surface area contributed by atoms with E-state index in [2.05, 4.69) is 10.0 Å². The van der Waals surface area contributed by atoms with Crippen LogP contribution < -0.4 is 14.8 Å². The highest BCUT2D eigenvalue weighted by atomic mass is 32.2. The Labute approximate surface area is 204 Å². The van der Waals surface area contributed by atoms with Crippen LogP contribution in [0.15, 0.2) is 83.8 Å². The van der Waals surface area contributed by atoms with Crippen LogP contribution in [0.5, 0.6) is 5.75 Å². The largest absolute Gasteiger partial charge is 0.497 e. The molecule has 9 heteroatoms. The smallest absolute Gasteiger partial charge is 0.338 e. The molecule has 1 saturated carbocycles. The van der Waals surface area contributed by atoms with E-state index in [4.69, 9.17) is 9.47 Å². The number of carbonyl (C=O) groups is 2. The van der Waals surface area contributed by atoms with Crippen LogP contribution in [-0.4, -0.2) is 34.0 Å². The molecule has 35 heavy (non-hydrogen) atoms. The van der Waals surface area contributed by atoms with E-state index < -0.39 is 28.5 Å². The van der Waals surface area contributed by atoms with E-state index in [0.29, 0.717) is 17.4 Å². The number of methoxy groups -OCH3 is 1. The average Bonchev–Trinajstić information content (AvgIpc) is 3.72. The second kappa shape index (κ2) is 10.6. The molecule has 182 valence electrons. The number of nitrogens with one attached hydrogen (secondary N) is 2. The molecule has 0 aromatic heterocycles. The zero-order valence-corrected chi connectivity index (χ0v) is 20.0. The molecule has 0 spiro atoms. The minimum absolute atomic E-state index is 0.0252. The first-order valence-electron chi connectivity index (χ1n) is 11.1. The van der Waals surface area contributed by atoms with Crippen LogP contribution in [0, 0.1) is 5.92 Å². The summed E-state index contributed by atoms with van der Waals surface area (Å²) in [4.78, 5) is 24.9. The van der Waals surface area contributed by atoms with Crippen LogP contribution in [0.3, 0.4) is 0 Å². The normalized spacial score (nSPS) is 14.0. The first kappa shape index (κ1) is 24.3. The van der Waals surface area contributed by atoms with Crippen LogP contribution in [-0.2, 0) is 19.6 Å². The molecule has 1 unspecified atom stereocenters. The lowest BCUT2D eigenvalue weighted by molar-refractivity contribution is -0.125. The maximum Gasteiger partial charge on any atom is 0.338 e. The Morgan fingerprint density at radius 3 is 2.34 bits per heavy atom. The number of amides is 1. The molecular weight excluding hydrogens is 468 g/mol. The molecule has 3 aromatic rings. The molecule has 1 aliphatic carbocycles. The van der Waals surface area contributed by atoms with Gasteiger partial charge in [0.1, 0.15) is 5.75 Å². The first-order chi connectivity index (χ1) is 16.9. The van der Waals surface area contributed by atoms with Gasteiger partial charge in [-0.25, -0.2) is 13.2 Å². The molecule has 1 atom stereocenters. The summed E-state index contributed by atoms with van der Waals surface area (Å²) in [6.07, 6.45) is 2.07. The van der Waals surface area contributed by atoms with Crippen molar-refractivity contribution >= 4 is 27.6 Å². The Kier molecular flexibility index (Phi) is 7.36. The number of esters is 1. The fourth-order valence-corrected chi connectivity index (χ4v) is 4.76. The molecule has 3 aromatic carbocycles. The van der Waals surface area contributed by atoms with Gasteiger partial charge in [-0.3, -0.25) is 9.52 Å². The van der Waals surface area contributed by atoms with E-state index >= 15 is 0 Å². The summed E-state index contributed by atoms with van der Waals surface area (Å²) < 4.78 is 38.2. The highest BCUT2D eigenvalue weighted by molar-refractivity contribution is 7.92. The SMILES string of the molecule is COc1ccc(NS(=O)(=O)c2cccc(C(=O)OCC(=O)NC(c3ccccc3)C3CC3)c2)cc1. The number of hydrogen-bond donors (Lipinski definition) is 2. The predicted molar refractivity (Wildman–Crippen MR) is 131 cm³/mol. The van der Waals surface area contributed by atoms with Gasteiger partial charge in [0.25, 0.3) is 15.9 Å². The van der Waals surface area contributed by atoms with E-state index in [9.17, 15) is 18.0 Å². The number of hydrogen-bond acceptors (Lipinski definition) is 6. The molecule has 1 fully saturated rings. The third kappa shape index (κ3) is 6.39. The van der Waals surface area contributed by atoms with Gasteiger partial charge >= 0.3 is 5.97 Å². The van der Waals surface area contributed by atoms with Crippen LogP contribution in [0.1, 0.15) is 34.8 Å². The van der Waals surface area contributed by atoms with Crippen molar-refractivity contribution in [1.29, 1.82) is 0 Å². The van der Waals surface area contributed by atoms with Crippen molar-refractivity contribution in [2.24, 2.45) is 5.92 Å². The Morgan fingerprint density at radius 1 is 0.971 bits per heavy atom. The zero-order chi connectivity index (χ0) is 24.8. The fraction of sp³-hybridized carbons (Fsp3) is 0.231.